The molecule has 1 aromatic rings. The number of rotatable bonds is 2. The fourth-order valence-electron chi connectivity index (χ4n) is 1.11. The summed E-state index contributed by atoms with van der Waals surface area (Å²) < 4.78 is 1.08. The van der Waals surface area contributed by atoms with E-state index in [1.165, 1.54) is 5.56 Å². The lowest BCUT2D eigenvalue weighted by atomic mass is 10.0. The molecule has 15 heavy (non-hydrogen) atoms. The molecule has 0 aromatic heterocycles. The molecule has 0 saturated heterocycles. The van der Waals surface area contributed by atoms with Gasteiger partial charge in [-0.3, -0.25) is 0 Å². The molecule has 0 fully saturated rings. The van der Waals surface area contributed by atoms with Gasteiger partial charge in [0, 0.05) is 4.47 Å². The van der Waals surface area contributed by atoms with Crippen molar-refractivity contribution < 1.29 is 0 Å². The summed E-state index contributed by atoms with van der Waals surface area (Å²) in [5.74, 6) is -0.0438. The SMILES string of the molecule is Cc1c(Br)ccc(C=NN=C(N)N)c1C. The molecular weight excluding hydrogens is 256 g/mol. The lowest BCUT2D eigenvalue weighted by Crippen LogP contribution is -2.21. The number of guanidine groups is 1. The zero-order valence-corrected chi connectivity index (χ0v) is 10.2. The molecule has 5 heteroatoms. The Morgan fingerprint density at radius 2 is 1.93 bits per heavy atom. The number of benzene rings is 1. The van der Waals surface area contributed by atoms with Gasteiger partial charge in [0.2, 0.25) is 5.96 Å². The van der Waals surface area contributed by atoms with Crippen molar-refractivity contribution in [1.82, 2.24) is 0 Å². The first-order valence-electron chi connectivity index (χ1n) is 4.40. The Kier molecular flexibility index (Phi) is 3.85. The van der Waals surface area contributed by atoms with Crippen LogP contribution in [-0.2, 0) is 0 Å². The van der Waals surface area contributed by atoms with E-state index in [0.717, 1.165) is 15.6 Å². The molecule has 4 N–H and O–H groups in total. The van der Waals surface area contributed by atoms with Gasteiger partial charge in [0.15, 0.2) is 0 Å². The van der Waals surface area contributed by atoms with Crippen LogP contribution in [0.2, 0.25) is 0 Å². The molecule has 0 aliphatic carbocycles. The average molecular weight is 269 g/mol. The molecule has 0 atom stereocenters. The molecule has 0 aliphatic rings. The Hall–Kier alpha value is -1.36. The normalized spacial score (nSPS) is 10.6. The van der Waals surface area contributed by atoms with E-state index < -0.39 is 0 Å². The molecule has 1 aromatic carbocycles. The third-order valence-corrected chi connectivity index (χ3v) is 2.99. The molecule has 4 nitrogen and oxygen atoms in total. The van der Waals surface area contributed by atoms with E-state index in [0.29, 0.717) is 0 Å². The predicted molar refractivity (Wildman–Crippen MR) is 67.0 cm³/mol. The van der Waals surface area contributed by atoms with E-state index in [1.54, 1.807) is 6.21 Å². The summed E-state index contributed by atoms with van der Waals surface area (Å²) in [7, 11) is 0. The molecule has 0 radical (unpaired) electrons. The number of hydrogen-bond donors (Lipinski definition) is 2. The number of halogens is 1. The fraction of sp³-hybridized carbons (Fsp3) is 0.200. The lowest BCUT2D eigenvalue weighted by Gasteiger charge is -2.05. The summed E-state index contributed by atoms with van der Waals surface area (Å²) in [6, 6.07) is 3.93. The average Bonchev–Trinajstić information content (AvgIpc) is 2.18. The lowest BCUT2D eigenvalue weighted by molar-refractivity contribution is 1.21. The van der Waals surface area contributed by atoms with Crippen LogP contribution < -0.4 is 11.5 Å². The third kappa shape index (κ3) is 3.06. The van der Waals surface area contributed by atoms with Gasteiger partial charge in [-0.1, -0.05) is 22.0 Å². The second-order valence-corrected chi connectivity index (χ2v) is 4.01. The van der Waals surface area contributed by atoms with E-state index in [4.69, 9.17) is 11.5 Å². The molecule has 1 rings (SSSR count). The molecule has 0 heterocycles. The monoisotopic (exact) mass is 268 g/mol. The quantitative estimate of drug-likeness (QED) is 0.486. The highest BCUT2D eigenvalue weighted by Crippen LogP contribution is 2.21. The Morgan fingerprint density at radius 3 is 2.53 bits per heavy atom. The van der Waals surface area contributed by atoms with Crippen molar-refractivity contribution >= 4 is 28.1 Å². The van der Waals surface area contributed by atoms with Crippen molar-refractivity contribution in [3.05, 3.63) is 33.3 Å². The number of hydrogen-bond acceptors (Lipinski definition) is 2. The van der Waals surface area contributed by atoms with E-state index in [9.17, 15) is 0 Å². The summed E-state index contributed by atoms with van der Waals surface area (Å²) in [5, 5.41) is 7.31. The zero-order chi connectivity index (χ0) is 11.4. The van der Waals surface area contributed by atoms with Gasteiger partial charge in [-0.25, -0.2) is 0 Å². The van der Waals surface area contributed by atoms with Crippen LogP contribution in [0.4, 0.5) is 0 Å². The van der Waals surface area contributed by atoms with Crippen molar-refractivity contribution in [2.75, 3.05) is 0 Å². The first-order chi connectivity index (χ1) is 7.02. The minimum atomic E-state index is -0.0438. The van der Waals surface area contributed by atoms with Gasteiger partial charge in [-0.15, -0.1) is 5.10 Å². The van der Waals surface area contributed by atoms with Crippen LogP contribution in [0.15, 0.2) is 26.8 Å². The minimum Gasteiger partial charge on any atom is -0.369 e. The number of nitrogens with two attached hydrogens (primary N) is 2. The van der Waals surface area contributed by atoms with E-state index in [1.807, 2.05) is 26.0 Å². The summed E-state index contributed by atoms with van der Waals surface area (Å²) in [4.78, 5) is 0. The van der Waals surface area contributed by atoms with Crippen molar-refractivity contribution in [3.63, 3.8) is 0 Å². The molecule has 0 amide bonds. The largest absolute Gasteiger partial charge is 0.369 e. The molecule has 0 spiro atoms. The summed E-state index contributed by atoms with van der Waals surface area (Å²) in [6.45, 7) is 4.06. The van der Waals surface area contributed by atoms with Crippen LogP contribution in [-0.4, -0.2) is 12.2 Å². The van der Waals surface area contributed by atoms with Gasteiger partial charge < -0.3 is 11.5 Å². The highest BCUT2D eigenvalue weighted by molar-refractivity contribution is 9.10. The van der Waals surface area contributed by atoms with Crippen LogP contribution in [0.3, 0.4) is 0 Å². The Labute approximate surface area is 97.2 Å². The van der Waals surface area contributed by atoms with Crippen LogP contribution in [0, 0.1) is 13.8 Å². The topological polar surface area (TPSA) is 76.8 Å². The van der Waals surface area contributed by atoms with Gasteiger partial charge in [0.05, 0.1) is 6.21 Å². The molecule has 0 saturated carbocycles. The van der Waals surface area contributed by atoms with E-state index in [2.05, 4.69) is 26.1 Å². The maximum absolute atomic E-state index is 5.16. The Morgan fingerprint density at radius 1 is 1.27 bits per heavy atom. The smallest absolute Gasteiger partial charge is 0.211 e. The standard InChI is InChI=1S/C10H13BrN4/c1-6-7(2)9(11)4-3-8(6)5-14-15-10(12)13/h3-5H,1-2H3,(H4,12,13,15). The van der Waals surface area contributed by atoms with Crippen molar-refractivity contribution in [3.8, 4) is 0 Å². The molecule has 0 bridgehead atoms. The van der Waals surface area contributed by atoms with Gasteiger partial charge in [-0.05, 0) is 36.6 Å². The highest BCUT2D eigenvalue weighted by Gasteiger charge is 2.01. The van der Waals surface area contributed by atoms with Gasteiger partial charge in [0.1, 0.15) is 0 Å². The van der Waals surface area contributed by atoms with Crippen LogP contribution >= 0.6 is 15.9 Å². The zero-order valence-electron chi connectivity index (χ0n) is 8.66. The Bertz CT molecular complexity index is 420. The first kappa shape index (κ1) is 11.7. The maximum Gasteiger partial charge on any atom is 0.211 e. The van der Waals surface area contributed by atoms with Crippen molar-refractivity contribution in [2.45, 2.75) is 13.8 Å². The van der Waals surface area contributed by atoms with Crippen LogP contribution in [0.25, 0.3) is 0 Å². The van der Waals surface area contributed by atoms with Crippen LogP contribution in [0.1, 0.15) is 16.7 Å². The Balaban J connectivity index is 3.02. The number of nitrogens with zero attached hydrogens (tertiary/aromatic N) is 2. The minimum absolute atomic E-state index is 0.0438. The van der Waals surface area contributed by atoms with E-state index >= 15 is 0 Å². The predicted octanol–water partition coefficient (Wildman–Crippen LogP) is 1.67. The first-order valence-corrected chi connectivity index (χ1v) is 5.19. The van der Waals surface area contributed by atoms with Crippen LogP contribution in [0.5, 0.6) is 0 Å². The second-order valence-electron chi connectivity index (χ2n) is 3.16. The third-order valence-electron chi connectivity index (χ3n) is 2.13. The van der Waals surface area contributed by atoms with Gasteiger partial charge >= 0.3 is 0 Å². The second kappa shape index (κ2) is 4.93. The summed E-state index contributed by atoms with van der Waals surface area (Å²) >= 11 is 3.46. The van der Waals surface area contributed by atoms with Crippen molar-refractivity contribution in [1.29, 1.82) is 0 Å². The molecule has 0 aliphatic heterocycles. The summed E-state index contributed by atoms with van der Waals surface area (Å²) in [5.41, 5.74) is 13.6. The summed E-state index contributed by atoms with van der Waals surface area (Å²) in [6.07, 6.45) is 1.63. The van der Waals surface area contributed by atoms with Gasteiger partial charge in [0.25, 0.3) is 0 Å². The molecular formula is C10H13BrN4. The van der Waals surface area contributed by atoms with E-state index in [-0.39, 0.29) is 5.96 Å². The fourth-order valence-corrected chi connectivity index (χ4v) is 1.54. The molecule has 80 valence electrons. The van der Waals surface area contributed by atoms with Gasteiger partial charge in [-0.2, -0.15) is 5.10 Å². The maximum atomic E-state index is 5.16. The highest BCUT2D eigenvalue weighted by atomic mass is 79.9. The molecule has 0 unspecified atom stereocenters. The van der Waals surface area contributed by atoms with Crippen molar-refractivity contribution in [2.24, 2.45) is 21.7 Å².